The first-order chi connectivity index (χ1) is 9.52. The lowest BCUT2D eigenvalue weighted by molar-refractivity contribution is 0.305. The molecule has 1 aromatic heterocycles. The third kappa shape index (κ3) is 3.20. The predicted octanol–water partition coefficient (Wildman–Crippen LogP) is 1.85. The quantitative estimate of drug-likeness (QED) is 0.881. The summed E-state index contributed by atoms with van der Waals surface area (Å²) in [5.41, 5.74) is 5.82. The number of nitrogens with zero attached hydrogens (tertiary/aromatic N) is 2. The molecule has 112 valence electrons. The van der Waals surface area contributed by atoms with E-state index in [9.17, 15) is 4.79 Å². The lowest BCUT2D eigenvalue weighted by Gasteiger charge is -2.38. The predicted molar refractivity (Wildman–Crippen MR) is 82.2 cm³/mol. The fourth-order valence-corrected chi connectivity index (χ4v) is 3.06. The van der Waals surface area contributed by atoms with Crippen LogP contribution in [-0.4, -0.2) is 29.6 Å². The molecular weight excluding hydrogens is 252 g/mol. The van der Waals surface area contributed by atoms with Gasteiger partial charge in [-0.2, -0.15) is 0 Å². The Labute approximate surface area is 120 Å². The maximum absolute atomic E-state index is 11.8. The summed E-state index contributed by atoms with van der Waals surface area (Å²) in [6.45, 7) is 4.77. The Morgan fingerprint density at radius 2 is 2.15 bits per heavy atom. The van der Waals surface area contributed by atoms with Crippen molar-refractivity contribution in [1.82, 2.24) is 9.97 Å². The van der Waals surface area contributed by atoms with E-state index >= 15 is 0 Å². The molecule has 1 heterocycles. The first kappa shape index (κ1) is 15.0. The number of nitrogens with one attached hydrogen (secondary N) is 1. The smallest absolute Gasteiger partial charge is 0.252 e. The normalized spacial score (nSPS) is 23.1. The number of nitrogens with two attached hydrogens (primary N) is 1. The molecule has 1 aliphatic carbocycles. The zero-order chi connectivity index (χ0) is 14.7. The molecule has 5 heteroatoms. The van der Waals surface area contributed by atoms with Crippen molar-refractivity contribution >= 4 is 5.82 Å². The number of hydrogen-bond acceptors (Lipinski definition) is 4. The van der Waals surface area contributed by atoms with Crippen molar-refractivity contribution in [2.75, 3.05) is 18.5 Å². The summed E-state index contributed by atoms with van der Waals surface area (Å²) in [6, 6.07) is 1.98. The van der Waals surface area contributed by atoms with Crippen LogP contribution < -0.4 is 16.2 Å². The standard InChI is InChI=1S/C15H26N4O/c1-10(2)15-17-13(8-14(20)18-15)19(3)12-7-5-4-6-11(12)9-16/h8,10-12H,4-7,9,16H2,1-3H3,(H,17,18,20). The Morgan fingerprint density at radius 3 is 2.80 bits per heavy atom. The van der Waals surface area contributed by atoms with E-state index in [4.69, 9.17) is 5.73 Å². The van der Waals surface area contributed by atoms with Gasteiger partial charge in [-0.05, 0) is 25.3 Å². The van der Waals surface area contributed by atoms with Crippen LogP contribution in [0.2, 0.25) is 0 Å². The van der Waals surface area contributed by atoms with Gasteiger partial charge in [-0.25, -0.2) is 4.98 Å². The fraction of sp³-hybridized carbons (Fsp3) is 0.733. The molecule has 0 spiro atoms. The average molecular weight is 278 g/mol. The minimum absolute atomic E-state index is 0.0781. The van der Waals surface area contributed by atoms with E-state index in [0.717, 1.165) is 18.1 Å². The molecule has 3 N–H and O–H groups in total. The second-order valence-corrected chi connectivity index (χ2v) is 6.10. The molecule has 1 aliphatic rings. The van der Waals surface area contributed by atoms with Crippen LogP contribution in [0.15, 0.2) is 10.9 Å². The maximum Gasteiger partial charge on any atom is 0.252 e. The summed E-state index contributed by atoms with van der Waals surface area (Å²) in [4.78, 5) is 21.4. The number of anilines is 1. The van der Waals surface area contributed by atoms with Crippen LogP contribution in [0.4, 0.5) is 5.82 Å². The van der Waals surface area contributed by atoms with Crippen molar-refractivity contribution in [3.05, 3.63) is 22.2 Å². The van der Waals surface area contributed by atoms with Crippen molar-refractivity contribution in [3.8, 4) is 0 Å². The molecule has 2 atom stereocenters. The van der Waals surface area contributed by atoms with Gasteiger partial charge >= 0.3 is 0 Å². The Hall–Kier alpha value is -1.36. The molecule has 0 radical (unpaired) electrons. The summed E-state index contributed by atoms with van der Waals surface area (Å²) in [5, 5.41) is 0. The number of aromatic amines is 1. The summed E-state index contributed by atoms with van der Waals surface area (Å²) in [5.74, 6) is 2.23. The summed E-state index contributed by atoms with van der Waals surface area (Å²) in [7, 11) is 2.03. The molecule has 1 aromatic rings. The molecule has 0 saturated heterocycles. The van der Waals surface area contributed by atoms with Gasteiger partial charge in [0, 0.05) is 25.1 Å². The Balaban J connectivity index is 2.27. The van der Waals surface area contributed by atoms with E-state index in [-0.39, 0.29) is 11.5 Å². The van der Waals surface area contributed by atoms with Gasteiger partial charge in [-0.15, -0.1) is 0 Å². The van der Waals surface area contributed by atoms with Crippen molar-refractivity contribution in [2.24, 2.45) is 11.7 Å². The summed E-state index contributed by atoms with van der Waals surface area (Å²) in [6.07, 6.45) is 4.79. The van der Waals surface area contributed by atoms with Crippen LogP contribution in [0.5, 0.6) is 0 Å². The molecule has 2 rings (SSSR count). The third-order valence-corrected chi connectivity index (χ3v) is 4.32. The molecule has 1 saturated carbocycles. The first-order valence-corrected chi connectivity index (χ1v) is 7.57. The Bertz CT molecular complexity index is 497. The molecule has 5 nitrogen and oxygen atoms in total. The maximum atomic E-state index is 11.8. The molecule has 0 bridgehead atoms. The monoisotopic (exact) mass is 278 g/mol. The van der Waals surface area contributed by atoms with E-state index in [1.54, 1.807) is 6.07 Å². The highest BCUT2D eigenvalue weighted by Crippen LogP contribution is 2.29. The topological polar surface area (TPSA) is 75.0 Å². The van der Waals surface area contributed by atoms with E-state index in [1.165, 1.54) is 19.3 Å². The second kappa shape index (κ2) is 6.39. The molecule has 20 heavy (non-hydrogen) atoms. The Kier molecular flexibility index (Phi) is 4.81. The van der Waals surface area contributed by atoms with E-state index in [1.807, 2.05) is 20.9 Å². The van der Waals surface area contributed by atoms with E-state index in [0.29, 0.717) is 18.5 Å². The highest BCUT2D eigenvalue weighted by Gasteiger charge is 2.28. The molecule has 0 aliphatic heterocycles. The van der Waals surface area contributed by atoms with Gasteiger partial charge < -0.3 is 15.6 Å². The van der Waals surface area contributed by atoms with Crippen LogP contribution in [-0.2, 0) is 0 Å². The van der Waals surface area contributed by atoms with Crippen LogP contribution in [0, 0.1) is 5.92 Å². The van der Waals surface area contributed by atoms with Gasteiger partial charge in [-0.1, -0.05) is 26.7 Å². The van der Waals surface area contributed by atoms with Gasteiger partial charge in [0.15, 0.2) is 0 Å². The van der Waals surface area contributed by atoms with Gasteiger partial charge in [0.25, 0.3) is 5.56 Å². The van der Waals surface area contributed by atoms with E-state index < -0.39 is 0 Å². The first-order valence-electron chi connectivity index (χ1n) is 7.57. The van der Waals surface area contributed by atoms with Gasteiger partial charge in [0.05, 0.1) is 0 Å². The van der Waals surface area contributed by atoms with Gasteiger partial charge in [0.1, 0.15) is 11.6 Å². The highest BCUT2D eigenvalue weighted by molar-refractivity contribution is 5.38. The van der Waals surface area contributed by atoms with Crippen molar-refractivity contribution in [2.45, 2.75) is 51.5 Å². The zero-order valence-electron chi connectivity index (χ0n) is 12.7. The number of H-pyrrole nitrogens is 1. The van der Waals surface area contributed by atoms with Crippen LogP contribution in [0.25, 0.3) is 0 Å². The number of hydrogen-bond donors (Lipinski definition) is 2. The lowest BCUT2D eigenvalue weighted by Crippen LogP contribution is -2.44. The highest BCUT2D eigenvalue weighted by atomic mass is 16.1. The minimum Gasteiger partial charge on any atom is -0.356 e. The Morgan fingerprint density at radius 1 is 1.45 bits per heavy atom. The molecular formula is C15H26N4O. The summed E-state index contributed by atoms with van der Waals surface area (Å²) >= 11 is 0. The molecule has 0 aromatic carbocycles. The van der Waals surface area contributed by atoms with Crippen LogP contribution in [0.3, 0.4) is 0 Å². The average Bonchev–Trinajstić information content (AvgIpc) is 2.45. The van der Waals surface area contributed by atoms with Gasteiger partial charge in [-0.3, -0.25) is 4.79 Å². The van der Waals surface area contributed by atoms with Crippen molar-refractivity contribution in [3.63, 3.8) is 0 Å². The third-order valence-electron chi connectivity index (χ3n) is 4.32. The zero-order valence-corrected chi connectivity index (χ0v) is 12.7. The molecule has 2 unspecified atom stereocenters. The number of rotatable bonds is 4. The molecule has 1 fully saturated rings. The van der Waals surface area contributed by atoms with Crippen molar-refractivity contribution < 1.29 is 0 Å². The van der Waals surface area contributed by atoms with Crippen LogP contribution >= 0.6 is 0 Å². The fourth-order valence-electron chi connectivity index (χ4n) is 3.06. The van der Waals surface area contributed by atoms with Crippen LogP contribution in [0.1, 0.15) is 51.3 Å². The minimum atomic E-state index is -0.0781. The van der Waals surface area contributed by atoms with Crippen molar-refractivity contribution in [1.29, 1.82) is 0 Å². The SMILES string of the molecule is CC(C)c1nc(N(C)C2CCCCC2CN)cc(=O)[nH]1. The molecule has 0 amide bonds. The lowest BCUT2D eigenvalue weighted by atomic mass is 9.84. The van der Waals surface area contributed by atoms with Gasteiger partial charge in [0.2, 0.25) is 0 Å². The largest absolute Gasteiger partial charge is 0.356 e. The second-order valence-electron chi connectivity index (χ2n) is 6.10. The summed E-state index contributed by atoms with van der Waals surface area (Å²) < 4.78 is 0. The van der Waals surface area contributed by atoms with E-state index in [2.05, 4.69) is 14.9 Å². The number of aromatic nitrogens is 2.